The summed E-state index contributed by atoms with van der Waals surface area (Å²) in [4.78, 5) is 0. The van der Waals surface area contributed by atoms with Crippen LogP contribution in [0.3, 0.4) is 0 Å². The van der Waals surface area contributed by atoms with E-state index in [4.69, 9.17) is 4.42 Å². The third kappa shape index (κ3) is 6.20. The number of fused-ring (bicyclic) bond motifs is 6. The van der Waals surface area contributed by atoms with Gasteiger partial charge in [0.1, 0.15) is 11.2 Å². The molecule has 10 aromatic carbocycles. The molecule has 2 aromatic heterocycles. The minimum atomic E-state index is 0.891. The number of nitrogens with zero attached hydrogens (tertiary/aromatic N) is 1. The maximum Gasteiger partial charge on any atom is 0.143 e. The molecule has 2 nitrogen and oxygen atoms in total. The van der Waals surface area contributed by atoms with Crippen LogP contribution in [0.5, 0.6) is 0 Å². The Kier molecular flexibility index (Phi) is 8.53. The van der Waals surface area contributed by atoms with Crippen molar-refractivity contribution in [2.75, 3.05) is 0 Å². The quantitative estimate of drug-likeness (QED) is 0.157. The molecule has 0 bridgehead atoms. The smallest absolute Gasteiger partial charge is 0.143 e. The lowest BCUT2D eigenvalue weighted by Crippen LogP contribution is -1.93. The number of benzene rings is 10. The van der Waals surface area contributed by atoms with Gasteiger partial charge in [-0.25, -0.2) is 0 Å². The zero-order chi connectivity index (χ0) is 41.0. The van der Waals surface area contributed by atoms with Gasteiger partial charge in [0.2, 0.25) is 0 Å². The molecule has 0 aliphatic rings. The summed E-state index contributed by atoms with van der Waals surface area (Å²) in [7, 11) is 0. The fourth-order valence-electron chi connectivity index (χ4n) is 9.31. The predicted molar refractivity (Wildman–Crippen MR) is 261 cm³/mol. The van der Waals surface area contributed by atoms with Gasteiger partial charge in [0.25, 0.3) is 0 Å². The van der Waals surface area contributed by atoms with E-state index in [2.05, 4.69) is 235 Å². The molecule has 0 spiro atoms. The highest BCUT2D eigenvalue weighted by Gasteiger charge is 2.18. The van der Waals surface area contributed by atoms with Crippen LogP contribution >= 0.6 is 0 Å². The molecule has 0 atom stereocenters. The van der Waals surface area contributed by atoms with Crippen LogP contribution in [-0.4, -0.2) is 4.57 Å². The van der Waals surface area contributed by atoms with Gasteiger partial charge in [0.05, 0.1) is 11.0 Å². The van der Waals surface area contributed by atoms with Gasteiger partial charge in [-0.3, -0.25) is 0 Å². The van der Waals surface area contributed by atoms with Crippen molar-refractivity contribution in [3.63, 3.8) is 0 Å². The van der Waals surface area contributed by atoms with Gasteiger partial charge in [-0.05, 0) is 128 Å². The van der Waals surface area contributed by atoms with Gasteiger partial charge in [-0.1, -0.05) is 170 Å². The number of furan rings is 1. The molecule has 2 heterocycles. The van der Waals surface area contributed by atoms with Crippen LogP contribution in [0.4, 0.5) is 0 Å². The Hall–Kier alpha value is -8.20. The van der Waals surface area contributed by atoms with Crippen molar-refractivity contribution in [1.82, 2.24) is 4.57 Å². The zero-order valence-corrected chi connectivity index (χ0v) is 33.9. The van der Waals surface area contributed by atoms with Crippen LogP contribution in [0.25, 0.3) is 116 Å². The molecule has 12 aromatic rings. The molecule has 12 rings (SSSR count). The average molecular weight is 790 g/mol. The van der Waals surface area contributed by atoms with Crippen LogP contribution in [-0.2, 0) is 0 Å². The second-order valence-corrected chi connectivity index (χ2v) is 16.1. The first kappa shape index (κ1) is 35.7. The Bertz CT molecular complexity index is 3580. The third-order valence-corrected chi connectivity index (χ3v) is 12.4. The fraction of sp³-hybridized carbons (Fsp3) is 0. The van der Waals surface area contributed by atoms with Crippen molar-refractivity contribution in [1.29, 1.82) is 0 Å². The monoisotopic (exact) mass is 789 g/mol. The van der Waals surface area contributed by atoms with E-state index in [1.54, 1.807) is 0 Å². The van der Waals surface area contributed by atoms with E-state index in [1.165, 1.54) is 49.6 Å². The highest BCUT2D eigenvalue weighted by Crippen LogP contribution is 2.43. The number of hydrogen-bond donors (Lipinski definition) is 0. The lowest BCUT2D eigenvalue weighted by Gasteiger charge is -2.14. The first-order valence-electron chi connectivity index (χ1n) is 21.2. The van der Waals surface area contributed by atoms with E-state index >= 15 is 0 Å². The van der Waals surface area contributed by atoms with Crippen LogP contribution in [0.15, 0.2) is 241 Å². The Morgan fingerprint density at radius 1 is 0.258 bits per heavy atom. The summed E-state index contributed by atoms with van der Waals surface area (Å²) in [6, 6.07) is 85.5. The fourth-order valence-corrected chi connectivity index (χ4v) is 9.31. The van der Waals surface area contributed by atoms with E-state index in [9.17, 15) is 0 Å². The molecule has 0 amide bonds. The summed E-state index contributed by atoms with van der Waals surface area (Å²) in [5.41, 5.74) is 19.2. The summed E-state index contributed by atoms with van der Waals surface area (Å²) >= 11 is 0. The van der Waals surface area contributed by atoms with Crippen molar-refractivity contribution in [3.05, 3.63) is 237 Å². The molecule has 0 N–H and O–H groups in total. The molecular formula is C60H39NO. The molecule has 0 fully saturated rings. The normalized spacial score (nSPS) is 11.5. The lowest BCUT2D eigenvalue weighted by molar-refractivity contribution is 0.670. The van der Waals surface area contributed by atoms with Crippen molar-refractivity contribution >= 4 is 43.7 Å². The molecular weight excluding hydrogens is 751 g/mol. The molecule has 0 unspecified atom stereocenters. The summed E-state index contributed by atoms with van der Waals surface area (Å²) in [5.74, 6) is 0. The van der Waals surface area contributed by atoms with Gasteiger partial charge in [0.15, 0.2) is 0 Å². The van der Waals surface area contributed by atoms with Gasteiger partial charge < -0.3 is 8.98 Å². The summed E-state index contributed by atoms with van der Waals surface area (Å²) < 4.78 is 9.02. The van der Waals surface area contributed by atoms with E-state index in [0.717, 1.165) is 66.6 Å². The van der Waals surface area contributed by atoms with E-state index < -0.39 is 0 Å². The molecule has 0 radical (unpaired) electrons. The number of rotatable bonds is 7. The van der Waals surface area contributed by atoms with Crippen molar-refractivity contribution in [2.45, 2.75) is 0 Å². The summed E-state index contributed by atoms with van der Waals surface area (Å²) in [6.07, 6.45) is 0. The molecule has 0 saturated carbocycles. The lowest BCUT2D eigenvalue weighted by atomic mass is 9.90. The number of para-hydroxylation sites is 2. The van der Waals surface area contributed by atoms with E-state index in [-0.39, 0.29) is 0 Å². The van der Waals surface area contributed by atoms with Crippen LogP contribution < -0.4 is 0 Å². The number of aromatic nitrogens is 1. The standard InChI is InChI=1S/C60H39NO/c1-5-15-40(16-6-1)42-25-27-43(28-26-42)47-33-48(35-49(34-47)50-37-54(44-19-9-3-10-20-44)60-56(38-50)53-23-13-14-24-59(53)62-60)46-29-31-52-55-36-45(41-17-7-2-8-18-41)30-32-57(55)61(58(52)39-46)51-21-11-4-12-22-51/h1-39H. The van der Waals surface area contributed by atoms with Crippen molar-refractivity contribution < 1.29 is 4.42 Å². The van der Waals surface area contributed by atoms with Crippen LogP contribution in [0.1, 0.15) is 0 Å². The minimum Gasteiger partial charge on any atom is -0.455 e. The van der Waals surface area contributed by atoms with Gasteiger partial charge >= 0.3 is 0 Å². The Morgan fingerprint density at radius 2 is 0.726 bits per heavy atom. The topological polar surface area (TPSA) is 18.1 Å². The van der Waals surface area contributed by atoms with Gasteiger partial charge in [0, 0.05) is 32.8 Å². The SMILES string of the molecule is c1ccc(-c2ccc(-c3cc(-c4cc(-c5ccccc5)c5oc6ccccc6c5c4)cc(-c4ccc5c6cc(-c7ccccc7)ccc6n(-c6ccccc6)c5c4)c3)cc2)cc1. The maximum absolute atomic E-state index is 6.61. The predicted octanol–water partition coefficient (Wildman–Crippen LogP) is 16.7. The summed E-state index contributed by atoms with van der Waals surface area (Å²) in [5, 5.41) is 4.69. The van der Waals surface area contributed by atoms with Crippen LogP contribution in [0, 0.1) is 0 Å². The van der Waals surface area contributed by atoms with E-state index in [0.29, 0.717) is 0 Å². The first-order valence-corrected chi connectivity index (χ1v) is 21.2. The highest BCUT2D eigenvalue weighted by molar-refractivity contribution is 6.13. The Morgan fingerprint density at radius 3 is 1.42 bits per heavy atom. The second kappa shape index (κ2) is 14.8. The molecule has 62 heavy (non-hydrogen) atoms. The molecule has 290 valence electrons. The molecule has 2 heteroatoms. The highest BCUT2D eigenvalue weighted by atomic mass is 16.3. The second-order valence-electron chi connectivity index (χ2n) is 16.1. The minimum absolute atomic E-state index is 0.891. The van der Waals surface area contributed by atoms with Gasteiger partial charge in [-0.15, -0.1) is 0 Å². The number of hydrogen-bond acceptors (Lipinski definition) is 1. The third-order valence-electron chi connectivity index (χ3n) is 12.4. The first-order chi connectivity index (χ1) is 30.7. The van der Waals surface area contributed by atoms with Crippen molar-refractivity contribution in [3.8, 4) is 72.4 Å². The Balaban J connectivity index is 1.09. The molecule has 0 aliphatic carbocycles. The van der Waals surface area contributed by atoms with Gasteiger partial charge in [-0.2, -0.15) is 0 Å². The summed E-state index contributed by atoms with van der Waals surface area (Å²) in [6.45, 7) is 0. The molecule has 0 saturated heterocycles. The Labute approximate surface area is 360 Å². The maximum atomic E-state index is 6.61. The largest absolute Gasteiger partial charge is 0.455 e. The van der Waals surface area contributed by atoms with Crippen LogP contribution in [0.2, 0.25) is 0 Å². The molecule has 0 aliphatic heterocycles. The van der Waals surface area contributed by atoms with E-state index in [1.807, 2.05) is 6.07 Å². The zero-order valence-electron chi connectivity index (χ0n) is 33.9. The average Bonchev–Trinajstić information content (AvgIpc) is 3.90. The van der Waals surface area contributed by atoms with Crippen molar-refractivity contribution in [2.24, 2.45) is 0 Å².